The van der Waals surface area contributed by atoms with Gasteiger partial charge in [0.15, 0.2) is 0 Å². The SMILES string of the molecule is CP1CCOC1=O. The fourth-order valence-corrected chi connectivity index (χ4v) is 1.33. The third-order valence-electron chi connectivity index (χ3n) is 0.964. The van der Waals surface area contributed by atoms with E-state index in [0.29, 0.717) is 6.61 Å². The number of hydrogen-bond donors (Lipinski definition) is 0. The summed E-state index contributed by atoms with van der Waals surface area (Å²) in [4.78, 5) is 10.4. The second kappa shape index (κ2) is 1.79. The van der Waals surface area contributed by atoms with Gasteiger partial charge in [0.2, 0.25) is 0 Å². The number of carbonyl (C=O) groups is 1. The zero-order valence-corrected chi connectivity index (χ0v) is 5.07. The van der Waals surface area contributed by atoms with Crippen molar-refractivity contribution in [1.29, 1.82) is 0 Å². The molecule has 0 N–H and O–H groups in total. The Labute approximate surface area is 43.6 Å². The highest BCUT2D eigenvalue weighted by atomic mass is 31.1. The summed E-state index contributed by atoms with van der Waals surface area (Å²) in [5.74, 6) is 0. The molecule has 0 aromatic carbocycles. The van der Waals surface area contributed by atoms with Gasteiger partial charge in [-0.1, -0.05) is 0 Å². The van der Waals surface area contributed by atoms with Crippen molar-refractivity contribution in [2.24, 2.45) is 0 Å². The van der Waals surface area contributed by atoms with Gasteiger partial charge in [0.05, 0.1) is 6.61 Å². The standard InChI is InChI=1S/C4H7O2P/c1-7-3-2-6-4(7)5/h2-3H2,1H3. The van der Waals surface area contributed by atoms with Crippen molar-refractivity contribution in [3.05, 3.63) is 0 Å². The van der Waals surface area contributed by atoms with Crippen LogP contribution in [0.2, 0.25) is 0 Å². The summed E-state index contributed by atoms with van der Waals surface area (Å²) in [6.07, 6.45) is 0.966. The monoisotopic (exact) mass is 118 g/mol. The van der Waals surface area contributed by atoms with Gasteiger partial charge in [0.25, 0.3) is 0 Å². The lowest BCUT2D eigenvalue weighted by Crippen LogP contribution is -1.84. The van der Waals surface area contributed by atoms with E-state index in [1.54, 1.807) is 0 Å². The highest BCUT2D eigenvalue weighted by Gasteiger charge is 2.19. The quantitative estimate of drug-likeness (QED) is 0.447. The Morgan fingerprint density at radius 3 is 2.71 bits per heavy atom. The van der Waals surface area contributed by atoms with Crippen LogP contribution < -0.4 is 0 Å². The first kappa shape index (κ1) is 5.04. The summed E-state index contributed by atoms with van der Waals surface area (Å²) < 4.78 is 4.65. The van der Waals surface area contributed by atoms with Gasteiger partial charge >= 0.3 is 5.71 Å². The van der Waals surface area contributed by atoms with Crippen LogP contribution in [0.1, 0.15) is 0 Å². The molecule has 1 atom stereocenters. The molecular formula is C4H7O2P. The van der Waals surface area contributed by atoms with Crippen LogP contribution in [0.4, 0.5) is 4.79 Å². The first-order valence-electron chi connectivity index (χ1n) is 2.18. The van der Waals surface area contributed by atoms with E-state index < -0.39 is 0 Å². The number of rotatable bonds is 0. The minimum atomic E-state index is -0.387. The molecule has 0 bridgehead atoms. The van der Waals surface area contributed by atoms with Gasteiger partial charge in [-0.3, -0.25) is 0 Å². The first-order valence-corrected chi connectivity index (χ1v) is 4.16. The Morgan fingerprint density at radius 1 is 1.86 bits per heavy atom. The van der Waals surface area contributed by atoms with E-state index >= 15 is 0 Å². The van der Waals surface area contributed by atoms with Gasteiger partial charge in [-0.05, 0) is 6.66 Å². The zero-order valence-electron chi connectivity index (χ0n) is 4.18. The van der Waals surface area contributed by atoms with Crippen LogP contribution in [0.5, 0.6) is 0 Å². The molecular weight excluding hydrogens is 111 g/mol. The Balaban J connectivity index is 2.48. The van der Waals surface area contributed by atoms with Crippen molar-refractivity contribution in [2.75, 3.05) is 19.4 Å². The van der Waals surface area contributed by atoms with Crippen molar-refractivity contribution < 1.29 is 9.53 Å². The maximum absolute atomic E-state index is 10.4. The minimum absolute atomic E-state index is 0.0231. The first-order chi connectivity index (χ1) is 3.30. The van der Waals surface area contributed by atoms with Gasteiger partial charge in [0.1, 0.15) is 0 Å². The summed E-state index contributed by atoms with van der Waals surface area (Å²) in [5.41, 5.74) is 0.0231. The molecule has 3 heteroatoms. The van der Waals surface area contributed by atoms with Crippen molar-refractivity contribution in [3.8, 4) is 0 Å². The minimum Gasteiger partial charge on any atom is -0.462 e. The molecule has 0 aliphatic carbocycles. The molecule has 0 radical (unpaired) electrons. The van der Waals surface area contributed by atoms with Crippen LogP contribution >= 0.6 is 7.92 Å². The topological polar surface area (TPSA) is 26.3 Å². The maximum Gasteiger partial charge on any atom is 0.325 e. The van der Waals surface area contributed by atoms with Gasteiger partial charge in [-0.2, -0.15) is 0 Å². The molecule has 1 fully saturated rings. The fraction of sp³-hybridized carbons (Fsp3) is 0.750. The summed E-state index contributed by atoms with van der Waals surface area (Å²) in [6.45, 7) is 2.60. The molecule has 0 spiro atoms. The highest BCUT2D eigenvalue weighted by Crippen LogP contribution is 2.37. The van der Waals surface area contributed by atoms with E-state index in [1.807, 2.05) is 6.66 Å². The Kier molecular flexibility index (Phi) is 1.29. The number of carbonyl (C=O) groups excluding carboxylic acids is 1. The van der Waals surface area contributed by atoms with Crippen molar-refractivity contribution in [3.63, 3.8) is 0 Å². The van der Waals surface area contributed by atoms with Crippen molar-refractivity contribution in [2.45, 2.75) is 0 Å². The van der Waals surface area contributed by atoms with Gasteiger partial charge in [-0.25, -0.2) is 4.79 Å². The van der Waals surface area contributed by atoms with Crippen LogP contribution in [0.3, 0.4) is 0 Å². The normalized spacial score (nSPS) is 30.4. The lowest BCUT2D eigenvalue weighted by molar-refractivity contribution is 0.188. The molecule has 1 aliphatic heterocycles. The average molecular weight is 118 g/mol. The van der Waals surface area contributed by atoms with E-state index in [1.165, 1.54) is 0 Å². The molecule has 1 aliphatic rings. The smallest absolute Gasteiger partial charge is 0.325 e. The molecule has 0 aromatic heterocycles. The molecule has 0 saturated carbocycles. The molecule has 0 aromatic rings. The van der Waals surface area contributed by atoms with Crippen LogP contribution in [0.15, 0.2) is 0 Å². The van der Waals surface area contributed by atoms with Crippen LogP contribution in [-0.2, 0) is 4.74 Å². The van der Waals surface area contributed by atoms with Gasteiger partial charge in [0, 0.05) is 14.1 Å². The van der Waals surface area contributed by atoms with E-state index in [-0.39, 0.29) is 13.6 Å². The molecule has 1 rings (SSSR count). The molecule has 40 valence electrons. The largest absolute Gasteiger partial charge is 0.462 e. The zero-order chi connectivity index (χ0) is 5.28. The molecule has 1 heterocycles. The van der Waals surface area contributed by atoms with Crippen LogP contribution in [-0.4, -0.2) is 25.1 Å². The third kappa shape index (κ3) is 0.916. The number of cyclic esters (lactones) is 1. The summed E-state index contributed by atoms with van der Waals surface area (Å²) in [5, 5.41) is 0. The average Bonchev–Trinajstić information content (AvgIpc) is 1.91. The third-order valence-corrected chi connectivity index (χ3v) is 2.57. The second-order valence-corrected chi connectivity index (χ2v) is 3.74. The number of ether oxygens (including phenoxy) is 1. The fourth-order valence-electron chi connectivity index (χ4n) is 0.471. The summed E-state index contributed by atoms with van der Waals surface area (Å²) in [6, 6.07) is 0. The lowest BCUT2D eigenvalue weighted by Gasteiger charge is -1.89. The molecule has 7 heavy (non-hydrogen) atoms. The van der Waals surface area contributed by atoms with E-state index in [9.17, 15) is 4.79 Å². The summed E-state index contributed by atoms with van der Waals surface area (Å²) >= 11 is 0. The molecule has 1 saturated heterocycles. The Hall–Kier alpha value is -0.100. The molecule has 2 nitrogen and oxygen atoms in total. The lowest BCUT2D eigenvalue weighted by atomic mass is 10.9. The van der Waals surface area contributed by atoms with Crippen LogP contribution in [0.25, 0.3) is 0 Å². The van der Waals surface area contributed by atoms with Gasteiger partial charge in [-0.15, -0.1) is 0 Å². The van der Waals surface area contributed by atoms with Crippen LogP contribution in [0, 0.1) is 0 Å². The highest BCUT2D eigenvalue weighted by molar-refractivity contribution is 7.74. The molecule has 0 amide bonds. The second-order valence-electron chi connectivity index (χ2n) is 1.54. The van der Waals surface area contributed by atoms with Crippen molar-refractivity contribution in [1.82, 2.24) is 0 Å². The van der Waals surface area contributed by atoms with Crippen molar-refractivity contribution >= 4 is 13.6 Å². The Morgan fingerprint density at radius 2 is 2.57 bits per heavy atom. The predicted molar refractivity (Wildman–Crippen MR) is 29.1 cm³/mol. The van der Waals surface area contributed by atoms with E-state index in [2.05, 4.69) is 4.74 Å². The summed E-state index contributed by atoms with van der Waals surface area (Å²) in [7, 11) is -0.387. The van der Waals surface area contributed by atoms with E-state index in [4.69, 9.17) is 0 Å². The Bertz CT molecular complexity index is 91.7. The molecule has 1 unspecified atom stereocenters. The van der Waals surface area contributed by atoms with Gasteiger partial charge < -0.3 is 4.74 Å². The maximum atomic E-state index is 10.4. The predicted octanol–water partition coefficient (Wildman–Crippen LogP) is 1.25. The number of hydrogen-bond acceptors (Lipinski definition) is 2. The van der Waals surface area contributed by atoms with E-state index in [0.717, 1.165) is 6.16 Å².